The lowest BCUT2D eigenvalue weighted by Crippen LogP contribution is -2.44. The monoisotopic (exact) mass is 302 g/mol. The maximum atomic E-state index is 12.6. The van der Waals surface area contributed by atoms with Crippen molar-refractivity contribution < 1.29 is 14.7 Å². The zero-order chi connectivity index (χ0) is 15.0. The molecule has 3 rings (SSSR count). The number of benzene rings is 1. The van der Waals surface area contributed by atoms with E-state index in [0.717, 1.165) is 10.9 Å². The van der Waals surface area contributed by atoms with Gasteiger partial charge in [-0.05, 0) is 31.2 Å². The molecule has 1 fully saturated rings. The van der Waals surface area contributed by atoms with Gasteiger partial charge in [0.1, 0.15) is 6.04 Å². The van der Waals surface area contributed by atoms with Crippen LogP contribution in [0.5, 0.6) is 0 Å². The van der Waals surface area contributed by atoms with Crippen LogP contribution < -0.4 is 0 Å². The van der Waals surface area contributed by atoms with Crippen LogP contribution in [-0.2, 0) is 4.79 Å². The molecule has 0 radical (unpaired) electrons. The smallest absolute Gasteiger partial charge is 0.327 e. The second-order valence-electron chi connectivity index (χ2n) is 4.91. The molecule has 0 bridgehead atoms. The molecule has 1 aromatic heterocycles. The van der Waals surface area contributed by atoms with Crippen molar-refractivity contribution in [2.24, 2.45) is 0 Å². The molecular formula is C15H14N2O3S. The Hall–Kier alpha value is -2.08. The first-order valence-corrected chi connectivity index (χ1v) is 7.64. The molecule has 5 nitrogen and oxygen atoms in total. The molecule has 2 unspecified atom stereocenters. The van der Waals surface area contributed by atoms with E-state index < -0.39 is 12.0 Å². The van der Waals surface area contributed by atoms with Crippen LogP contribution >= 0.6 is 11.8 Å². The highest BCUT2D eigenvalue weighted by atomic mass is 32.2. The van der Waals surface area contributed by atoms with Gasteiger partial charge in [0.05, 0.1) is 10.9 Å². The standard InChI is InChI=1S/C15H14N2O3S/c1-9-17(13(8-21-9)15(19)20)14(18)11-4-5-12-10(7-11)3-2-6-16-12/h2-7,9,13H,8H2,1H3,(H,19,20). The van der Waals surface area contributed by atoms with Gasteiger partial charge >= 0.3 is 5.97 Å². The predicted octanol–water partition coefficient (Wildman–Crippen LogP) is 2.22. The van der Waals surface area contributed by atoms with E-state index in [4.69, 9.17) is 0 Å². The van der Waals surface area contributed by atoms with Crippen molar-refractivity contribution in [2.45, 2.75) is 18.3 Å². The summed E-state index contributed by atoms with van der Waals surface area (Å²) in [6, 6.07) is 8.18. The number of thioether (sulfide) groups is 1. The van der Waals surface area contributed by atoms with Gasteiger partial charge in [0.2, 0.25) is 0 Å². The van der Waals surface area contributed by atoms with Gasteiger partial charge in [-0.3, -0.25) is 9.78 Å². The third-order valence-electron chi connectivity index (χ3n) is 3.59. The first kappa shape index (κ1) is 13.9. The highest BCUT2D eigenvalue weighted by molar-refractivity contribution is 8.00. The summed E-state index contributed by atoms with van der Waals surface area (Å²) in [5.74, 6) is -0.773. The molecule has 1 amide bonds. The van der Waals surface area contributed by atoms with Gasteiger partial charge < -0.3 is 10.0 Å². The quantitative estimate of drug-likeness (QED) is 0.921. The maximum Gasteiger partial charge on any atom is 0.327 e. The zero-order valence-corrected chi connectivity index (χ0v) is 12.2. The maximum absolute atomic E-state index is 12.6. The fourth-order valence-electron chi connectivity index (χ4n) is 2.50. The Labute approximate surface area is 126 Å². The molecule has 2 heterocycles. The topological polar surface area (TPSA) is 70.5 Å². The summed E-state index contributed by atoms with van der Waals surface area (Å²) in [7, 11) is 0. The number of nitrogens with zero attached hydrogens (tertiary/aromatic N) is 2. The number of amides is 1. The molecule has 2 aromatic rings. The van der Waals surface area contributed by atoms with Crippen LogP contribution in [0.2, 0.25) is 0 Å². The predicted molar refractivity (Wildman–Crippen MR) is 81.3 cm³/mol. The number of carbonyl (C=O) groups excluding carboxylic acids is 1. The normalized spacial score (nSPS) is 21.7. The third-order valence-corrected chi connectivity index (χ3v) is 4.81. The Morgan fingerprint density at radius 1 is 1.38 bits per heavy atom. The van der Waals surface area contributed by atoms with Crippen LogP contribution in [0.15, 0.2) is 36.5 Å². The van der Waals surface area contributed by atoms with Crippen LogP contribution in [0.4, 0.5) is 0 Å². The summed E-state index contributed by atoms with van der Waals surface area (Å²) in [6.45, 7) is 1.86. The summed E-state index contributed by atoms with van der Waals surface area (Å²) in [5, 5.41) is 9.99. The zero-order valence-electron chi connectivity index (χ0n) is 11.4. The number of fused-ring (bicyclic) bond motifs is 1. The number of aliphatic carboxylic acids is 1. The molecule has 2 atom stereocenters. The second kappa shape index (κ2) is 5.37. The van der Waals surface area contributed by atoms with E-state index in [1.807, 2.05) is 19.1 Å². The molecule has 1 aromatic carbocycles. The molecule has 1 saturated heterocycles. The number of carbonyl (C=O) groups is 2. The van der Waals surface area contributed by atoms with E-state index in [9.17, 15) is 14.7 Å². The van der Waals surface area contributed by atoms with Crippen molar-refractivity contribution in [3.63, 3.8) is 0 Å². The van der Waals surface area contributed by atoms with Gasteiger partial charge in [-0.25, -0.2) is 4.79 Å². The van der Waals surface area contributed by atoms with Crippen LogP contribution in [0.25, 0.3) is 10.9 Å². The molecule has 0 saturated carbocycles. The first-order valence-electron chi connectivity index (χ1n) is 6.60. The average Bonchev–Trinajstić information content (AvgIpc) is 2.88. The number of hydrogen-bond donors (Lipinski definition) is 1. The fourth-order valence-corrected chi connectivity index (χ4v) is 3.67. The van der Waals surface area contributed by atoms with Crippen molar-refractivity contribution >= 4 is 34.5 Å². The third kappa shape index (κ3) is 2.47. The van der Waals surface area contributed by atoms with Gasteiger partial charge in [-0.1, -0.05) is 6.07 Å². The molecule has 1 aliphatic rings. The Kier molecular flexibility index (Phi) is 3.55. The SMILES string of the molecule is CC1SCC(C(=O)O)N1C(=O)c1ccc2ncccc2c1. The summed E-state index contributed by atoms with van der Waals surface area (Å²) in [6.07, 6.45) is 1.70. The highest BCUT2D eigenvalue weighted by Gasteiger charge is 2.39. The average molecular weight is 302 g/mol. The molecule has 0 spiro atoms. The van der Waals surface area contributed by atoms with Gasteiger partial charge in [0.25, 0.3) is 5.91 Å². The van der Waals surface area contributed by atoms with Gasteiger partial charge in [-0.15, -0.1) is 11.8 Å². The molecule has 6 heteroatoms. The number of hydrogen-bond acceptors (Lipinski definition) is 4. The Morgan fingerprint density at radius 2 is 2.19 bits per heavy atom. The summed E-state index contributed by atoms with van der Waals surface area (Å²) >= 11 is 1.48. The van der Waals surface area contributed by atoms with Crippen molar-refractivity contribution in [3.05, 3.63) is 42.1 Å². The van der Waals surface area contributed by atoms with Crippen molar-refractivity contribution in [1.29, 1.82) is 0 Å². The number of carboxylic acid groups (broad SMARTS) is 1. The molecule has 1 aliphatic heterocycles. The second-order valence-corrected chi connectivity index (χ2v) is 6.26. The van der Waals surface area contributed by atoms with Crippen LogP contribution in [-0.4, -0.2) is 44.0 Å². The van der Waals surface area contributed by atoms with E-state index in [2.05, 4.69) is 4.98 Å². The van der Waals surface area contributed by atoms with Crippen LogP contribution in [0.3, 0.4) is 0 Å². The lowest BCUT2D eigenvalue weighted by molar-refractivity contribution is -0.141. The summed E-state index contributed by atoms with van der Waals surface area (Å²) in [4.78, 5) is 29.6. The molecule has 108 valence electrons. The Bertz CT molecular complexity index is 719. The molecule has 21 heavy (non-hydrogen) atoms. The van der Waals surface area contributed by atoms with Gasteiger partial charge in [0, 0.05) is 22.9 Å². The van der Waals surface area contributed by atoms with E-state index in [1.54, 1.807) is 24.4 Å². The van der Waals surface area contributed by atoms with Gasteiger partial charge in [-0.2, -0.15) is 0 Å². The van der Waals surface area contributed by atoms with Crippen LogP contribution in [0, 0.1) is 0 Å². The van der Waals surface area contributed by atoms with E-state index in [-0.39, 0.29) is 11.3 Å². The van der Waals surface area contributed by atoms with Crippen molar-refractivity contribution in [3.8, 4) is 0 Å². The first-order chi connectivity index (χ1) is 10.1. The number of rotatable bonds is 2. The van der Waals surface area contributed by atoms with Crippen molar-refractivity contribution in [2.75, 3.05) is 5.75 Å². The molecule has 0 aliphatic carbocycles. The van der Waals surface area contributed by atoms with E-state index in [0.29, 0.717) is 11.3 Å². The molecule has 1 N–H and O–H groups in total. The lowest BCUT2D eigenvalue weighted by atomic mass is 10.1. The minimum absolute atomic E-state index is 0.136. The highest BCUT2D eigenvalue weighted by Crippen LogP contribution is 2.30. The summed E-state index contributed by atoms with van der Waals surface area (Å²) < 4.78 is 0. The fraction of sp³-hybridized carbons (Fsp3) is 0.267. The minimum Gasteiger partial charge on any atom is -0.480 e. The number of pyridine rings is 1. The van der Waals surface area contributed by atoms with Gasteiger partial charge in [0.15, 0.2) is 0 Å². The largest absolute Gasteiger partial charge is 0.480 e. The minimum atomic E-state index is -0.956. The van der Waals surface area contributed by atoms with Crippen LogP contribution in [0.1, 0.15) is 17.3 Å². The number of carboxylic acids is 1. The molecular weight excluding hydrogens is 288 g/mol. The summed E-state index contributed by atoms with van der Waals surface area (Å²) in [5.41, 5.74) is 1.31. The van der Waals surface area contributed by atoms with E-state index in [1.165, 1.54) is 16.7 Å². The Morgan fingerprint density at radius 3 is 2.95 bits per heavy atom. The number of aromatic nitrogens is 1. The Balaban J connectivity index is 1.97. The van der Waals surface area contributed by atoms with Crippen molar-refractivity contribution in [1.82, 2.24) is 9.88 Å². The lowest BCUT2D eigenvalue weighted by Gasteiger charge is -2.25. The van der Waals surface area contributed by atoms with E-state index >= 15 is 0 Å².